The minimum absolute atomic E-state index is 0.0442. The largest absolute Gasteiger partial charge is 0.396 e. The molecule has 0 aromatic carbocycles. The quantitative estimate of drug-likeness (QED) is 0.822. The van der Waals surface area contributed by atoms with E-state index < -0.39 is 0 Å². The van der Waals surface area contributed by atoms with Crippen LogP contribution in [0.2, 0.25) is 0 Å². The van der Waals surface area contributed by atoms with Crippen LogP contribution in [0.1, 0.15) is 44.6 Å². The molecule has 5 heteroatoms. The maximum Gasteiger partial charge on any atom is 0.244 e. The first-order chi connectivity index (χ1) is 8.76. The predicted molar refractivity (Wildman–Crippen MR) is 74.9 cm³/mol. The van der Waals surface area contributed by atoms with Gasteiger partial charge in [0.05, 0.1) is 5.69 Å². The van der Waals surface area contributed by atoms with E-state index in [9.17, 15) is 4.79 Å². The van der Waals surface area contributed by atoms with Crippen LogP contribution in [0.15, 0.2) is 6.07 Å². The van der Waals surface area contributed by atoms with Gasteiger partial charge in [-0.25, -0.2) is 0 Å². The van der Waals surface area contributed by atoms with Crippen LogP contribution in [-0.4, -0.2) is 33.9 Å². The van der Waals surface area contributed by atoms with Crippen molar-refractivity contribution in [3.63, 3.8) is 0 Å². The van der Waals surface area contributed by atoms with Crippen molar-refractivity contribution < 1.29 is 9.90 Å². The van der Waals surface area contributed by atoms with Gasteiger partial charge in [-0.05, 0) is 38.7 Å². The van der Waals surface area contributed by atoms with Gasteiger partial charge < -0.3 is 10.4 Å². The van der Waals surface area contributed by atoms with Crippen LogP contribution in [0.4, 0.5) is 0 Å². The van der Waals surface area contributed by atoms with Crippen molar-refractivity contribution in [2.75, 3.05) is 13.2 Å². The summed E-state index contributed by atoms with van der Waals surface area (Å²) >= 11 is 0. The zero-order valence-corrected chi connectivity index (χ0v) is 12.5. The first-order valence-electron chi connectivity index (χ1n) is 6.68. The van der Waals surface area contributed by atoms with Crippen molar-refractivity contribution in [2.24, 2.45) is 5.41 Å². The molecular weight excluding hydrogens is 242 g/mol. The van der Waals surface area contributed by atoms with Gasteiger partial charge in [-0.1, -0.05) is 13.8 Å². The van der Waals surface area contributed by atoms with Crippen molar-refractivity contribution in [2.45, 2.75) is 47.1 Å². The maximum atomic E-state index is 12.1. The number of nitrogens with zero attached hydrogens (tertiary/aromatic N) is 2. The Morgan fingerprint density at radius 1 is 1.53 bits per heavy atom. The average molecular weight is 267 g/mol. The van der Waals surface area contributed by atoms with Crippen LogP contribution in [0, 0.1) is 19.3 Å². The molecule has 1 rings (SSSR count). The van der Waals surface area contributed by atoms with Crippen molar-refractivity contribution >= 4 is 5.91 Å². The third-order valence-electron chi connectivity index (χ3n) is 3.32. The molecule has 0 aliphatic rings. The first-order valence-corrected chi connectivity index (χ1v) is 6.68. The molecule has 1 amide bonds. The Labute approximate surface area is 115 Å². The highest BCUT2D eigenvalue weighted by Gasteiger charge is 2.22. The highest BCUT2D eigenvalue weighted by atomic mass is 16.3. The van der Waals surface area contributed by atoms with Crippen molar-refractivity contribution in [1.29, 1.82) is 0 Å². The van der Waals surface area contributed by atoms with E-state index in [4.69, 9.17) is 5.11 Å². The Morgan fingerprint density at radius 3 is 2.63 bits per heavy atom. The predicted octanol–water partition coefficient (Wildman–Crippen LogP) is 1.59. The van der Waals surface area contributed by atoms with E-state index in [-0.39, 0.29) is 24.0 Å². The Balaban J connectivity index is 2.61. The lowest BCUT2D eigenvalue weighted by Gasteiger charge is -2.25. The van der Waals surface area contributed by atoms with Crippen LogP contribution in [-0.2, 0) is 4.79 Å². The fourth-order valence-corrected chi connectivity index (χ4v) is 2.01. The lowest BCUT2D eigenvalue weighted by Crippen LogP contribution is -2.38. The molecule has 1 unspecified atom stereocenters. The molecule has 0 radical (unpaired) electrons. The second kappa shape index (κ2) is 6.19. The molecule has 0 fully saturated rings. The molecular formula is C14H25N3O2. The molecule has 19 heavy (non-hydrogen) atoms. The number of rotatable bonds is 6. The summed E-state index contributed by atoms with van der Waals surface area (Å²) in [6.45, 7) is 10.4. The van der Waals surface area contributed by atoms with Gasteiger partial charge in [-0.3, -0.25) is 9.48 Å². The molecule has 5 nitrogen and oxygen atoms in total. The van der Waals surface area contributed by atoms with E-state index in [2.05, 4.69) is 10.4 Å². The molecule has 108 valence electrons. The summed E-state index contributed by atoms with van der Waals surface area (Å²) in [6, 6.07) is 1.64. The molecule has 0 bridgehead atoms. The third-order valence-corrected chi connectivity index (χ3v) is 3.32. The zero-order valence-electron chi connectivity index (χ0n) is 12.5. The van der Waals surface area contributed by atoms with E-state index in [0.29, 0.717) is 13.0 Å². The van der Waals surface area contributed by atoms with Crippen LogP contribution < -0.4 is 5.32 Å². The molecule has 0 spiro atoms. The summed E-state index contributed by atoms with van der Waals surface area (Å²) in [5.41, 5.74) is 1.80. The highest BCUT2D eigenvalue weighted by molar-refractivity contribution is 5.79. The molecule has 2 N–H and O–H groups in total. The normalized spacial score (nSPS) is 13.4. The number of aliphatic hydroxyl groups excluding tert-OH is 1. The van der Waals surface area contributed by atoms with Gasteiger partial charge in [0.15, 0.2) is 0 Å². The number of aromatic nitrogens is 2. The summed E-state index contributed by atoms with van der Waals surface area (Å²) in [6.07, 6.45) is 0.668. The highest BCUT2D eigenvalue weighted by Crippen LogP contribution is 2.18. The maximum absolute atomic E-state index is 12.1. The Bertz CT molecular complexity index is 438. The summed E-state index contributed by atoms with van der Waals surface area (Å²) in [7, 11) is 0. The molecule has 1 aromatic rings. The van der Waals surface area contributed by atoms with Crippen molar-refractivity contribution in [3.8, 4) is 0 Å². The fourth-order valence-electron chi connectivity index (χ4n) is 2.01. The molecule has 1 aromatic heterocycles. The van der Waals surface area contributed by atoms with E-state index in [1.165, 1.54) is 0 Å². The van der Waals surface area contributed by atoms with E-state index in [0.717, 1.165) is 11.4 Å². The van der Waals surface area contributed by atoms with Crippen LogP contribution in [0.5, 0.6) is 0 Å². The second-order valence-corrected chi connectivity index (χ2v) is 5.90. The molecule has 1 heterocycles. The van der Waals surface area contributed by atoms with Gasteiger partial charge >= 0.3 is 0 Å². The number of carbonyl (C=O) groups excluding carboxylic acids is 1. The summed E-state index contributed by atoms with van der Waals surface area (Å²) in [5, 5.41) is 16.2. The molecule has 0 saturated heterocycles. The molecule has 1 atom stereocenters. The first kappa shape index (κ1) is 15.7. The Hall–Kier alpha value is -1.36. The standard InChI is InChI=1S/C14H25N3O2/c1-10-8-11(2)17(16-10)12(3)13(19)15-9-14(4,5)6-7-18/h8,12,18H,6-7,9H2,1-5H3,(H,15,19). The smallest absolute Gasteiger partial charge is 0.244 e. The van der Waals surface area contributed by atoms with Gasteiger partial charge in [0.2, 0.25) is 5.91 Å². The SMILES string of the molecule is Cc1cc(C)n(C(C)C(=O)NCC(C)(C)CCO)n1. The second-order valence-electron chi connectivity index (χ2n) is 5.90. The van der Waals surface area contributed by atoms with Crippen LogP contribution >= 0.6 is 0 Å². The van der Waals surface area contributed by atoms with Crippen LogP contribution in [0.3, 0.4) is 0 Å². The lowest BCUT2D eigenvalue weighted by molar-refractivity contribution is -0.124. The number of aliphatic hydroxyl groups is 1. The van der Waals surface area contributed by atoms with Crippen LogP contribution in [0.25, 0.3) is 0 Å². The Kier molecular flexibility index (Phi) is 5.11. The summed E-state index contributed by atoms with van der Waals surface area (Å²) in [5.74, 6) is -0.0442. The minimum atomic E-state index is -0.321. The van der Waals surface area contributed by atoms with Gasteiger partial charge in [0.1, 0.15) is 6.04 Å². The van der Waals surface area contributed by atoms with Gasteiger partial charge in [0, 0.05) is 18.8 Å². The van der Waals surface area contributed by atoms with E-state index in [1.54, 1.807) is 4.68 Å². The van der Waals surface area contributed by atoms with E-state index >= 15 is 0 Å². The number of aryl methyl sites for hydroxylation is 2. The average Bonchev–Trinajstić information content (AvgIpc) is 2.64. The number of carbonyl (C=O) groups is 1. The van der Waals surface area contributed by atoms with E-state index in [1.807, 2.05) is 40.7 Å². The summed E-state index contributed by atoms with van der Waals surface area (Å²) in [4.78, 5) is 12.1. The number of amides is 1. The van der Waals surface area contributed by atoms with Crippen molar-refractivity contribution in [3.05, 3.63) is 17.5 Å². The lowest BCUT2D eigenvalue weighted by atomic mass is 9.90. The van der Waals surface area contributed by atoms with Gasteiger partial charge in [-0.2, -0.15) is 5.10 Å². The third kappa shape index (κ3) is 4.35. The zero-order chi connectivity index (χ0) is 14.6. The van der Waals surface area contributed by atoms with Gasteiger partial charge in [-0.15, -0.1) is 0 Å². The Morgan fingerprint density at radius 2 is 2.16 bits per heavy atom. The molecule has 0 aliphatic carbocycles. The van der Waals surface area contributed by atoms with Gasteiger partial charge in [0.25, 0.3) is 0 Å². The topological polar surface area (TPSA) is 67.2 Å². The van der Waals surface area contributed by atoms with Crippen molar-refractivity contribution in [1.82, 2.24) is 15.1 Å². The minimum Gasteiger partial charge on any atom is -0.396 e. The summed E-state index contributed by atoms with van der Waals surface area (Å²) < 4.78 is 1.74. The number of nitrogens with one attached hydrogen (secondary N) is 1. The molecule has 0 saturated carbocycles. The number of hydrogen-bond donors (Lipinski definition) is 2. The molecule has 0 aliphatic heterocycles. The fraction of sp³-hybridized carbons (Fsp3) is 0.714. The monoisotopic (exact) mass is 267 g/mol. The number of hydrogen-bond acceptors (Lipinski definition) is 3.